The first-order chi connectivity index (χ1) is 56.4. The maximum absolute atomic E-state index is 7.39. The van der Waals surface area contributed by atoms with Gasteiger partial charge in [-0.25, -0.2) is 29.9 Å². The van der Waals surface area contributed by atoms with Crippen LogP contribution < -0.4 is 9.47 Å². The van der Waals surface area contributed by atoms with Crippen molar-refractivity contribution in [1.29, 1.82) is 0 Å². The molecule has 0 atom stereocenters. The zero-order valence-corrected chi connectivity index (χ0v) is 61.8. The van der Waals surface area contributed by atoms with Gasteiger partial charge in [0.2, 0.25) is 0 Å². The number of rotatable bonds is 9. The highest BCUT2D eigenvalue weighted by Gasteiger charge is 2.53. The van der Waals surface area contributed by atoms with E-state index in [0.29, 0.717) is 34.9 Å². The summed E-state index contributed by atoms with van der Waals surface area (Å²) in [5, 5.41) is 4.46. The Balaban J connectivity index is 0.575. The summed E-state index contributed by atoms with van der Waals surface area (Å²) >= 11 is 1.79. The Morgan fingerprint density at radius 1 is 0.193 bits per heavy atom. The molecule has 114 heavy (non-hydrogen) atoms. The molecule has 2 spiro atoms. The zero-order valence-electron chi connectivity index (χ0n) is 61.0. The number of aromatic nitrogens is 6. The molecule has 0 saturated heterocycles. The Kier molecular flexibility index (Phi) is 13.9. The van der Waals surface area contributed by atoms with Crippen LogP contribution in [0.1, 0.15) is 44.5 Å². The molecule has 0 N–H and O–H groups in total. The monoisotopic (exact) mass is 1470 g/mol. The van der Waals surface area contributed by atoms with Crippen LogP contribution in [0.4, 0.5) is 0 Å². The Morgan fingerprint density at radius 2 is 0.500 bits per heavy atom. The summed E-state index contributed by atoms with van der Waals surface area (Å²) in [6, 6.07) is 129. The Labute approximate surface area is 659 Å². The average Bonchev–Trinajstić information content (AvgIpc) is 1.50. The van der Waals surface area contributed by atoms with Crippen molar-refractivity contribution in [2.75, 3.05) is 0 Å². The molecule has 0 fully saturated rings. The third-order valence-electron chi connectivity index (χ3n) is 23.7. The first-order valence-corrected chi connectivity index (χ1v) is 39.2. The number of fused-ring (bicyclic) bond motifs is 24. The van der Waals surface area contributed by atoms with Crippen LogP contribution >= 0.6 is 11.3 Å². The Bertz CT molecular complexity index is 7380. The molecule has 4 aromatic heterocycles. The Hall–Kier alpha value is -14.8. The van der Waals surface area contributed by atoms with E-state index in [9.17, 15) is 0 Å². The van der Waals surface area contributed by atoms with E-state index in [1.54, 1.807) is 11.3 Å². The zero-order chi connectivity index (χ0) is 74.7. The van der Waals surface area contributed by atoms with Gasteiger partial charge >= 0.3 is 0 Å². The van der Waals surface area contributed by atoms with Crippen molar-refractivity contribution in [3.05, 3.63) is 408 Å². The normalized spacial score (nSPS) is 13.4. The SMILES string of the molecule is c1ccc(-c2nc(-c3cccc(-c4ccc5c(c4)Oc4ccccc4C54c5ccccc5-c5ccccc54)c3)nc(-c3ccc4c(c3)oc3cc(-c5ccc6c(c5)Oc5cc(-c7cccc(-c8nc(-c9ccccc9)nc(-c9ccc%10c(c9)sc9ccccc9%10)n8)c7)ccc5C65c6ccccc6-c6ccccc65)ccc34)n2)cc1. The molecule has 0 saturated carbocycles. The van der Waals surface area contributed by atoms with Crippen LogP contribution in [0, 0.1) is 0 Å². The van der Waals surface area contributed by atoms with Gasteiger partial charge in [-0.05, 0) is 151 Å². The van der Waals surface area contributed by atoms with E-state index in [2.05, 4.69) is 315 Å². The van der Waals surface area contributed by atoms with E-state index >= 15 is 0 Å². The molecule has 0 radical (unpaired) electrons. The lowest BCUT2D eigenvalue weighted by atomic mass is 9.65. The van der Waals surface area contributed by atoms with Gasteiger partial charge in [0.25, 0.3) is 0 Å². The fourth-order valence-corrected chi connectivity index (χ4v) is 19.8. The van der Waals surface area contributed by atoms with Crippen LogP contribution in [0.2, 0.25) is 0 Å². The summed E-state index contributed by atoms with van der Waals surface area (Å²) < 4.78 is 23.7. The molecule has 10 heteroatoms. The summed E-state index contributed by atoms with van der Waals surface area (Å²) in [7, 11) is 0. The molecular weight excluding hydrogens is 1410 g/mol. The number of furan rings is 1. The molecule has 16 aromatic carbocycles. The quantitative estimate of drug-likeness (QED) is 0.140. The van der Waals surface area contributed by atoms with Gasteiger partial charge in [0.1, 0.15) is 34.2 Å². The van der Waals surface area contributed by atoms with Crippen LogP contribution in [-0.2, 0) is 10.8 Å². The topological polar surface area (TPSA) is 109 Å². The minimum Gasteiger partial charge on any atom is -0.457 e. The largest absolute Gasteiger partial charge is 0.457 e. The summed E-state index contributed by atoms with van der Waals surface area (Å²) in [6.45, 7) is 0. The lowest BCUT2D eigenvalue weighted by Gasteiger charge is -2.39. The highest BCUT2D eigenvalue weighted by Crippen LogP contribution is 2.65. The van der Waals surface area contributed by atoms with Crippen molar-refractivity contribution in [2.24, 2.45) is 0 Å². The summed E-state index contributed by atoms with van der Waals surface area (Å²) in [5.74, 6) is 6.69. The second kappa shape index (κ2) is 24.8. The van der Waals surface area contributed by atoms with Crippen LogP contribution in [0.15, 0.2) is 368 Å². The Morgan fingerprint density at radius 3 is 0.982 bits per heavy atom. The minimum absolute atomic E-state index is 0.529. The number of para-hydroxylation sites is 1. The summed E-state index contributed by atoms with van der Waals surface area (Å²) in [6.07, 6.45) is 0. The molecule has 2 aliphatic carbocycles. The summed E-state index contributed by atoms with van der Waals surface area (Å²) in [4.78, 5) is 31.3. The van der Waals surface area contributed by atoms with Gasteiger partial charge in [-0.2, -0.15) is 0 Å². The number of hydrogen-bond donors (Lipinski definition) is 0. The van der Waals surface area contributed by atoms with Crippen molar-refractivity contribution < 1.29 is 13.9 Å². The molecule has 9 nitrogen and oxygen atoms in total. The molecule has 24 rings (SSSR count). The van der Waals surface area contributed by atoms with E-state index in [1.165, 1.54) is 64.7 Å². The van der Waals surface area contributed by atoms with Gasteiger partial charge in [0.15, 0.2) is 34.9 Å². The molecule has 6 heterocycles. The van der Waals surface area contributed by atoms with Crippen LogP contribution in [0.5, 0.6) is 23.0 Å². The smallest absolute Gasteiger partial charge is 0.164 e. The van der Waals surface area contributed by atoms with Crippen LogP contribution in [0.25, 0.3) is 166 Å². The van der Waals surface area contributed by atoms with Crippen molar-refractivity contribution >= 4 is 53.4 Å². The van der Waals surface area contributed by atoms with E-state index in [-0.39, 0.29) is 0 Å². The van der Waals surface area contributed by atoms with Gasteiger partial charge in [0, 0.05) is 86.6 Å². The highest BCUT2D eigenvalue weighted by atomic mass is 32.1. The molecule has 0 bridgehead atoms. The molecule has 2 aliphatic heterocycles. The highest BCUT2D eigenvalue weighted by molar-refractivity contribution is 7.25. The second-order valence-corrected chi connectivity index (χ2v) is 30.9. The third-order valence-corrected chi connectivity index (χ3v) is 24.9. The van der Waals surface area contributed by atoms with Crippen LogP contribution in [-0.4, -0.2) is 29.9 Å². The maximum atomic E-state index is 7.39. The number of benzene rings is 16. The van der Waals surface area contributed by atoms with Gasteiger partial charge in [-0.15, -0.1) is 11.3 Å². The first kappa shape index (κ1) is 64.0. The second-order valence-electron chi connectivity index (χ2n) is 29.9. The van der Waals surface area contributed by atoms with Crippen LogP contribution in [0.3, 0.4) is 0 Å². The van der Waals surface area contributed by atoms with Gasteiger partial charge in [0.05, 0.1) is 10.8 Å². The lowest BCUT2D eigenvalue weighted by molar-refractivity contribution is 0.436. The van der Waals surface area contributed by atoms with Crippen molar-refractivity contribution in [2.45, 2.75) is 10.8 Å². The summed E-state index contributed by atoms with van der Waals surface area (Å²) in [5.41, 5.74) is 25.7. The molecule has 0 amide bonds. The van der Waals surface area contributed by atoms with Gasteiger partial charge in [-0.1, -0.05) is 291 Å². The van der Waals surface area contributed by atoms with Crippen molar-refractivity contribution in [1.82, 2.24) is 29.9 Å². The third kappa shape index (κ3) is 9.65. The maximum Gasteiger partial charge on any atom is 0.164 e. The molecule has 530 valence electrons. The molecule has 20 aromatic rings. The van der Waals surface area contributed by atoms with E-state index in [0.717, 1.165) is 134 Å². The van der Waals surface area contributed by atoms with Crippen molar-refractivity contribution in [3.63, 3.8) is 0 Å². The molecule has 4 aliphatic rings. The fraction of sp³-hybridized carbons (Fsp3) is 0.0192. The predicted octanol–water partition coefficient (Wildman–Crippen LogP) is 26.3. The van der Waals surface area contributed by atoms with E-state index in [1.807, 2.05) is 48.5 Å². The van der Waals surface area contributed by atoms with Crippen molar-refractivity contribution in [3.8, 4) is 147 Å². The molecule has 0 unspecified atom stereocenters. The fourth-order valence-electron chi connectivity index (χ4n) is 18.6. The predicted molar refractivity (Wildman–Crippen MR) is 457 cm³/mol. The average molecular weight is 1470 g/mol. The van der Waals surface area contributed by atoms with Gasteiger partial charge in [-0.3, -0.25) is 0 Å². The minimum atomic E-state index is -0.691. The van der Waals surface area contributed by atoms with E-state index < -0.39 is 10.8 Å². The first-order valence-electron chi connectivity index (χ1n) is 38.4. The number of thiophene rings is 1. The number of hydrogen-bond acceptors (Lipinski definition) is 10. The lowest BCUT2D eigenvalue weighted by Crippen LogP contribution is -2.32. The standard InChI is InChI=1S/C104H60N6O3S/c1-3-21-61(22-4-1)97-105-99(69-27-19-25-63(53-69)66-44-50-86-92(56-66)111-89-39-17-16-38-85(89)103(86)81-34-12-7-29-73(81)74-30-8-13-35-82(74)103)109-101(107-97)71-42-48-78-77-47-41-65(55-90(77)112-91(78)59-71)68-46-52-88-94(58-68)113-93-57-67(45-51-87(93)104(88)83-36-14-9-31-75(83)76-32-10-15-37-84(76)104)64-26-20-28-70(54-64)100-106-98(62-23-5-2-6-24-62)108-102(110-100)72-43-49-80-79-33-11-18-40-95(79)114-96(80)60-72/h1-60H. The van der Waals surface area contributed by atoms with E-state index in [4.69, 9.17) is 43.8 Å². The molecular formula is C104H60N6O3S. The number of nitrogens with zero attached hydrogens (tertiary/aromatic N) is 6. The van der Waals surface area contributed by atoms with Gasteiger partial charge < -0.3 is 13.9 Å². The number of ether oxygens (including phenoxy) is 2.